The summed E-state index contributed by atoms with van der Waals surface area (Å²) in [4.78, 5) is 26.2. The summed E-state index contributed by atoms with van der Waals surface area (Å²) in [7, 11) is 1.56. The highest BCUT2D eigenvalue weighted by molar-refractivity contribution is 5.97. The summed E-state index contributed by atoms with van der Waals surface area (Å²) in [6, 6.07) is 5.23. The van der Waals surface area contributed by atoms with E-state index in [2.05, 4.69) is 10.4 Å². The summed E-state index contributed by atoms with van der Waals surface area (Å²) in [5.41, 5.74) is 1.36. The molecule has 29 heavy (non-hydrogen) atoms. The number of hydrogen-bond acceptors (Lipinski definition) is 5. The number of likely N-dealkylation sites (tertiary alicyclic amines) is 1. The van der Waals surface area contributed by atoms with Gasteiger partial charge in [-0.15, -0.1) is 0 Å². The van der Waals surface area contributed by atoms with Gasteiger partial charge in [0.1, 0.15) is 17.6 Å². The van der Waals surface area contributed by atoms with Gasteiger partial charge in [-0.2, -0.15) is 5.10 Å². The van der Waals surface area contributed by atoms with Crippen LogP contribution in [0, 0.1) is 0 Å². The minimum absolute atomic E-state index is 0.0340. The van der Waals surface area contributed by atoms with Crippen molar-refractivity contribution in [2.75, 3.05) is 20.2 Å². The van der Waals surface area contributed by atoms with Crippen molar-refractivity contribution in [1.29, 1.82) is 0 Å². The van der Waals surface area contributed by atoms with Crippen LogP contribution in [-0.2, 0) is 17.9 Å². The maximum absolute atomic E-state index is 12.8. The Balaban J connectivity index is 1.68. The smallest absolute Gasteiger partial charge is 0.255 e. The summed E-state index contributed by atoms with van der Waals surface area (Å²) in [5, 5.41) is 7.14. The zero-order valence-electron chi connectivity index (χ0n) is 17.2. The van der Waals surface area contributed by atoms with E-state index in [9.17, 15) is 9.59 Å². The van der Waals surface area contributed by atoms with E-state index in [0.29, 0.717) is 36.7 Å². The average Bonchev–Trinajstić information content (AvgIpc) is 3.21. The summed E-state index contributed by atoms with van der Waals surface area (Å²) in [6.07, 6.45) is 5.10. The number of rotatable bonds is 7. The van der Waals surface area contributed by atoms with Gasteiger partial charge < -0.3 is 19.7 Å². The molecule has 2 amide bonds. The molecule has 156 valence electrons. The lowest BCUT2D eigenvalue weighted by molar-refractivity contribution is -0.130. The second-order valence-electron chi connectivity index (χ2n) is 7.07. The maximum atomic E-state index is 12.8. The van der Waals surface area contributed by atoms with E-state index in [1.165, 1.54) is 0 Å². The number of carbonyl (C=O) groups is 2. The van der Waals surface area contributed by atoms with Gasteiger partial charge in [-0.3, -0.25) is 14.3 Å². The lowest BCUT2D eigenvalue weighted by atomic mass is 10.1. The van der Waals surface area contributed by atoms with E-state index in [-0.39, 0.29) is 17.9 Å². The molecule has 1 fully saturated rings. The quantitative estimate of drug-likeness (QED) is 0.770. The number of aryl methyl sites for hydroxylation is 1. The van der Waals surface area contributed by atoms with Crippen LogP contribution in [0.1, 0.15) is 42.6 Å². The number of nitrogens with zero attached hydrogens (tertiary/aromatic N) is 3. The molecule has 0 unspecified atom stereocenters. The van der Waals surface area contributed by atoms with Crippen molar-refractivity contribution in [3.05, 3.63) is 41.7 Å². The molecule has 1 N–H and O–H groups in total. The lowest BCUT2D eigenvalue weighted by Crippen LogP contribution is -2.40. The highest BCUT2D eigenvalue weighted by atomic mass is 16.5. The number of aromatic nitrogens is 2. The molecule has 8 nitrogen and oxygen atoms in total. The second-order valence-corrected chi connectivity index (χ2v) is 7.07. The number of carbonyl (C=O) groups excluding carboxylic acids is 2. The Morgan fingerprint density at radius 1 is 1.28 bits per heavy atom. The van der Waals surface area contributed by atoms with Gasteiger partial charge in [0, 0.05) is 57.7 Å². The molecule has 1 aromatic heterocycles. The van der Waals surface area contributed by atoms with E-state index < -0.39 is 0 Å². The number of methoxy groups -OCH3 is 1. The van der Waals surface area contributed by atoms with Gasteiger partial charge in [-0.1, -0.05) is 0 Å². The first-order chi connectivity index (χ1) is 14.0. The number of ether oxygens (including phenoxy) is 2. The van der Waals surface area contributed by atoms with E-state index >= 15 is 0 Å². The minimum Gasteiger partial charge on any atom is -0.497 e. The molecule has 3 rings (SSSR count). The monoisotopic (exact) mass is 400 g/mol. The first-order valence-corrected chi connectivity index (χ1v) is 9.90. The van der Waals surface area contributed by atoms with Gasteiger partial charge in [-0.05, 0) is 25.1 Å². The standard InChI is InChI=1S/C21H28N4O4/c1-4-25-14-16(13-23-25)12-22-21(27)19-11-18(28-3)5-6-20(19)29-17-7-9-24(10-8-17)15(2)26/h5-6,11,13-14,17H,4,7-10,12H2,1-3H3,(H,22,27). The maximum Gasteiger partial charge on any atom is 0.255 e. The third-order valence-electron chi connectivity index (χ3n) is 5.08. The first-order valence-electron chi connectivity index (χ1n) is 9.90. The van der Waals surface area contributed by atoms with Crippen molar-refractivity contribution >= 4 is 11.8 Å². The highest BCUT2D eigenvalue weighted by Crippen LogP contribution is 2.27. The van der Waals surface area contributed by atoms with Crippen molar-refractivity contribution in [2.24, 2.45) is 0 Å². The molecule has 2 aromatic rings. The molecule has 0 saturated carbocycles. The number of piperidine rings is 1. The van der Waals surface area contributed by atoms with Gasteiger partial charge in [0.2, 0.25) is 5.91 Å². The van der Waals surface area contributed by atoms with E-state index in [0.717, 1.165) is 24.9 Å². The van der Waals surface area contributed by atoms with Gasteiger partial charge in [-0.25, -0.2) is 0 Å². The number of amides is 2. The third-order valence-corrected chi connectivity index (χ3v) is 5.08. The molecule has 0 radical (unpaired) electrons. The molecule has 1 aliphatic heterocycles. The van der Waals surface area contributed by atoms with Crippen LogP contribution in [0.15, 0.2) is 30.6 Å². The molecular formula is C21H28N4O4. The van der Waals surface area contributed by atoms with Crippen molar-refractivity contribution in [3.63, 3.8) is 0 Å². The molecule has 1 aromatic carbocycles. The minimum atomic E-state index is -0.232. The Labute approximate surface area is 170 Å². The van der Waals surface area contributed by atoms with Gasteiger partial charge in [0.25, 0.3) is 5.91 Å². The summed E-state index contributed by atoms with van der Waals surface area (Å²) in [5.74, 6) is 0.963. The normalized spacial score (nSPS) is 14.5. The Hall–Kier alpha value is -3.03. The van der Waals surface area contributed by atoms with Crippen LogP contribution in [0.4, 0.5) is 0 Å². The van der Waals surface area contributed by atoms with Crippen molar-refractivity contribution in [1.82, 2.24) is 20.0 Å². The van der Waals surface area contributed by atoms with Crippen LogP contribution in [-0.4, -0.2) is 52.8 Å². The third kappa shape index (κ3) is 5.28. The topological polar surface area (TPSA) is 85.7 Å². The fraction of sp³-hybridized carbons (Fsp3) is 0.476. The van der Waals surface area contributed by atoms with E-state index in [1.807, 2.05) is 22.7 Å². The summed E-state index contributed by atoms with van der Waals surface area (Å²) < 4.78 is 13.2. The van der Waals surface area contributed by atoms with Crippen LogP contribution in [0.25, 0.3) is 0 Å². The lowest BCUT2D eigenvalue weighted by Gasteiger charge is -2.31. The van der Waals surface area contributed by atoms with E-state index in [4.69, 9.17) is 9.47 Å². The van der Waals surface area contributed by atoms with Crippen molar-refractivity contribution < 1.29 is 19.1 Å². The molecule has 2 heterocycles. The molecule has 0 atom stereocenters. The predicted molar refractivity (Wildman–Crippen MR) is 108 cm³/mol. The van der Waals surface area contributed by atoms with Crippen molar-refractivity contribution in [2.45, 2.75) is 45.9 Å². The van der Waals surface area contributed by atoms with Crippen LogP contribution >= 0.6 is 0 Å². The zero-order chi connectivity index (χ0) is 20.8. The van der Waals surface area contributed by atoms with Crippen LogP contribution in [0.3, 0.4) is 0 Å². The number of benzene rings is 1. The number of hydrogen-bond donors (Lipinski definition) is 1. The fourth-order valence-electron chi connectivity index (χ4n) is 3.33. The first kappa shape index (κ1) is 20.7. The Morgan fingerprint density at radius 3 is 2.66 bits per heavy atom. The highest BCUT2D eigenvalue weighted by Gasteiger charge is 2.24. The second kappa shape index (κ2) is 9.45. The van der Waals surface area contributed by atoms with Crippen molar-refractivity contribution in [3.8, 4) is 11.5 Å². The molecule has 1 aliphatic rings. The fourth-order valence-corrected chi connectivity index (χ4v) is 3.33. The molecule has 0 spiro atoms. The van der Waals surface area contributed by atoms with E-state index in [1.54, 1.807) is 38.4 Å². The summed E-state index contributed by atoms with van der Waals surface area (Å²) in [6.45, 7) is 6.09. The zero-order valence-corrected chi connectivity index (χ0v) is 17.2. The summed E-state index contributed by atoms with van der Waals surface area (Å²) >= 11 is 0. The SMILES string of the molecule is CCn1cc(CNC(=O)c2cc(OC)ccc2OC2CCN(C(C)=O)CC2)cn1. The van der Waals surface area contributed by atoms with Crippen LogP contribution in [0.5, 0.6) is 11.5 Å². The Kier molecular flexibility index (Phi) is 6.74. The molecule has 0 aliphatic carbocycles. The Morgan fingerprint density at radius 2 is 2.03 bits per heavy atom. The predicted octanol–water partition coefficient (Wildman–Crippen LogP) is 2.23. The van der Waals surface area contributed by atoms with Crippen LogP contribution < -0.4 is 14.8 Å². The van der Waals surface area contributed by atoms with Gasteiger partial charge in [0.05, 0.1) is 18.9 Å². The van der Waals surface area contributed by atoms with Gasteiger partial charge >= 0.3 is 0 Å². The molecule has 8 heteroatoms. The largest absolute Gasteiger partial charge is 0.497 e. The molecule has 0 bridgehead atoms. The van der Waals surface area contributed by atoms with Crippen LogP contribution in [0.2, 0.25) is 0 Å². The van der Waals surface area contributed by atoms with Gasteiger partial charge in [0.15, 0.2) is 0 Å². The molecule has 1 saturated heterocycles. The average molecular weight is 400 g/mol. The Bertz CT molecular complexity index is 856. The number of nitrogens with one attached hydrogen (secondary N) is 1. The molecular weight excluding hydrogens is 372 g/mol.